The van der Waals surface area contributed by atoms with Crippen LogP contribution in [-0.2, 0) is 0 Å². The second-order valence-electron chi connectivity index (χ2n) is 6.28. The molecule has 1 aliphatic heterocycles. The van der Waals surface area contributed by atoms with Gasteiger partial charge in [0.05, 0.1) is 6.04 Å². The normalized spacial score (nSPS) is 18.9. The average molecular weight is 296 g/mol. The highest BCUT2D eigenvalue weighted by Gasteiger charge is 2.25. The van der Waals surface area contributed by atoms with Gasteiger partial charge in [0.1, 0.15) is 0 Å². The molecular weight excluding hydrogens is 272 g/mol. The van der Waals surface area contributed by atoms with Crippen LogP contribution in [0.5, 0.6) is 0 Å². The smallest absolute Gasteiger partial charge is 0.292 e. The van der Waals surface area contributed by atoms with Crippen LogP contribution in [0.25, 0.3) is 0 Å². The van der Waals surface area contributed by atoms with Gasteiger partial charge in [0.2, 0.25) is 5.89 Å². The van der Waals surface area contributed by atoms with Crippen molar-refractivity contribution in [2.75, 3.05) is 19.7 Å². The van der Waals surface area contributed by atoms with Crippen LogP contribution in [-0.4, -0.2) is 40.9 Å². The second-order valence-corrected chi connectivity index (χ2v) is 6.28. The summed E-state index contributed by atoms with van der Waals surface area (Å²) in [6, 6.07) is 0.0695. The van der Waals surface area contributed by atoms with Gasteiger partial charge in [-0.1, -0.05) is 19.0 Å². The van der Waals surface area contributed by atoms with Crippen LogP contribution in [0, 0.1) is 5.41 Å². The Labute approximate surface area is 124 Å². The van der Waals surface area contributed by atoms with E-state index < -0.39 is 0 Å². The van der Waals surface area contributed by atoms with Crippen molar-refractivity contribution in [3.05, 3.63) is 11.7 Å². The highest BCUT2D eigenvalue weighted by Crippen LogP contribution is 2.22. The zero-order chi connectivity index (χ0) is 15.3. The summed E-state index contributed by atoms with van der Waals surface area (Å²) in [4.78, 5) is 16.2. The number of aliphatic hydroxyl groups is 1. The molecule has 1 unspecified atom stereocenters. The summed E-state index contributed by atoms with van der Waals surface area (Å²) in [5.74, 6) is 0.244. The monoisotopic (exact) mass is 296 g/mol. The first kappa shape index (κ1) is 15.9. The van der Waals surface area contributed by atoms with E-state index in [2.05, 4.69) is 20.8 Å². The van der Waals surface area contributed by atoms with Gasteiger partial charge in [-0.15, -0.1) is 0 Å². The molecule has 1 aromatic rings. The quantitative estimate of drug-likeness (QED) is 0.694. The Kier molecular flexibility index (Phi) is 5.30. The summed E-state index contributed by atoms with van der Waals surface area (Å²) >= 11 is 0. The van der Waals surface area contributed by atoms with Gasteiger partial charge in [0, 0.05) is 13.2 Å². The van der Waals surface area contributed by atoms with Crippen molar-refractivity contribution < 1.29 is 14.4 Å². The van der Waals surface area contributed by atoms with Crippen molar-refractivity contribution >= 4 is 5.91 Å². The maximum atomic E-state index is 12.0. The Morgan fingerprint density at radius 2 is 2.38 bits per heavy atom. The van der Waals surface area contributed by atoms with E-state index in [1.807, 2.05) is 13.8 Å². The number of carbonyl (C=O) groups is 1. The predicted octanol–water partition coefficient (Wildman–Crippen LogP) is 1.02. The molecule has 1 aliphatic rings. The Morgan fingerprint density at radius 3 is 3.05 bits per heavy atom. The van der Waals surface area contributed by atoms with Crippen molar-refractivity contribution in [1.82, 2.24) is 20.8 Å². The molecule has 1 amide bonds. The number of rotatable bonds is 7. The Hall–Kier alpha value is -1.47. The van der Waals surface area contributed by atoms with Gasteiger partial charge in [0.25, 0.3) is 11.7 Å². The fourth-order valence-corrected chi connectivity index (χ4v) is 2.41. The topological polar surface area (TPSA) is 100 Å². The SMILES string of the molecule is CC(C)(CCCO)CNC(=O)c1noc(C2CCCN2)n1. The first-order chi connectivity index (χ1) is 10.0. The summed E-state index contributed by atoms with van der Waals surface area (Å²) < 4.78 is 5.15. The third-order valence-electron chi connectivity index (χ3n) is 3.74. The number of amides is 1. The molecule has 0 saturated carbocycles. The molecule has 7 nitrogen and oxygen atoms in total. The molecule has 0 radical (unpaired) electrons. The lowest BCUT2D eigenvalue weighted by molar-refractivity contribution is 0.0919. The average Bonchev–Trinajstić information content (AvgIpc) is 3.12. The molecule has 0 spiro atoms. The summed E-state index contributed by atoms with van der Waals surface area (Å²) in [6.07, 6.45) is 3.60. The molecule has 2 heterocycles. The molecule has 118 valence electrons. The molecule has 1 aromatic heterocycles. The lowest BCUT2D eigenvalue weighted by Crippen LogP contribution is -2.34. The van der Waals surface area contributed by atoms with Gasteiger partial charge in [-0.25, -0.2) is 0 Å². The van der Waals surface area contributed by atoms with Crippen molar-refractivity contribution in [1.29, 1.82) is 0 Å². The third-order valence-corrected chi connectivity index (χ3v) is 3.74. The number of nitrogens with zero attached hydrogens (tertiary/aromatic N) is 2. The van der Waals surface area contributed by atoms with E-state index in [1.54, 1.807) is 0 Å². The first-order valence-corrected chi connectivity index (χ1v) is 7.48. The van der Waals surface area contributed by atoms with Gasteiger partial charge in [0.15, 0.2) is 0 Å². The van der Waals surface area contributed by atoms with Crippen LogP contribution >= 0.6 is 0 Å². The van der Waals surface area contributed by atoms with Gasteiger partial charge in [-0.05, 0) is 37.6 Å². The first-order valence-electron chi connectivity index (χ1n) is 7.48. The standard InChI is InChI=1S/C14H24N4O3/c1-14(2,6-4-8-19)9-16-12(20)11-17-13(21-18-11)10-5-3-7-15-10/h10,15,19H,3-9H2,1-2H3,(H,16,20). The zero-order valence-corrected chi connectivity index (χ0v) is 12.7. The minimum atomic E-state index is -0.319. The van der Waals surface area contributed by atoms with Crippen LogP contribution < -0.4 is 10.6 Å². The van der Waals surface area contributed by atoms with Gasteiger partial charge in [-0.2, -0.15) is 4.98 Å². The van der Waals surface area contributed by atoms with Gasteiger partial charge < -0.3 is 20.3 Å². The zero-order valence-electron chi connectivity index (χ0n) is 12.7. The third kappa shape index (κ3) is 4.50. The van der Waals surface area contributed by atoms with E-state index in [9.17, 15) is 4.79 Å². The van der Waals surface area contributed by atoms with E-state index in [0.717, 1.165) is 32.2 Å². The lowest BCUT2D eigenvalue weighted by Gasteiger charge is -2.24. The van der Waals surface area contributed by atoms with Crippen LogP contribution in [0.3, 0.4) is 0 Å². The highest BCUT2D eigenvalue weighted by molar-refractivity contribution is 5.90. The molecule has 1 fully saturated rings. The largest absolute Gasteiger partial charge is 0.396 e. The van der Waals surface area contributed by atoms with Crippen molar-refractivity contribution in [2.45, 2.75) is 45.6 Å². The molecule has 7 heteroatoms. The summed E-state index contributed by atoms with van der Waals surface area (Å²) in [7, 11) is 0. The summed E-state index contributed by atoms with van der Waals surface area (Å²) in [5, 5.41) is 18.7. The fourth-order valence-electron chi connectivity index (χ4n) is 2.41. The van der Waals surface area contributed by atoms with Crippen LogP contribution in [0.4, 0.5) is 0 Å². The van der Waals surface area contributed by atoms with E-state index in [1.165, 1.54) is 0 Å². The Balaban J connectivity index is 1.85. The predicted molar refractivity (Wildman–Crippen MR) is 76.7 cm³/mol. The molecular formula is C14H24N4O3. The fraction of sp³-hybridized carbons (Fsp3) is 0.786. The van der Waals surface area contributed by atoms with Crippen molar-refractivity contribution in [3.63, 3.8) is 0 Å². The van der Waals surface area contributed by atoms with Crippen LogP contribution in [0.2, 0.25) is 0 Å². The summed E-state index contributed by atoms with van der Waals surface area (Å²) in [6.45, 7) is 5.71. The maximum Gasteiger partial charge on any atom is 0.292 e. The molecule has 1 atom stereocenters. The molecule has 0 aromatic carbocycles. The minimum Gasteiger partial charge on any atom is -0.396 e. The summed E-state index contributed by atoms with van der Waals surface area (Å²) in [5.41, 5.74) is -0.0715. The number of hydrogen-bond acceptors (Lipinski definition) is 6. The van der Waals surface area contributed by atoms with E-state index in [0.29, 0.717) is 12.4 Å². The molecule has 2 rings (SSSR count). The molecule has 0 aliphatic carbocycles. The second kappa shape index (κ2) is 7.00. The van der Waals surface area contributed by atoms with Crippen LogP contribution in [0.15, 0.2) is 4.52 Å². The van der Waals surface area contributed by atoms with Gasteiger partial charge in [-0.3, -0.25) is 4.79 Å². The highest BCUT2D eigenvalue weighted by atomic mass is 16.5. The number of aromatic nitrogens is 2. The number of hydrogen-bond donors (Lipinski definition) is 3. The number of aliphatic hydroxyl groups excluding tert-OH is 1. The van der Waals surface area contributed by atoms with Gasteiger partial charge >= 0.3 is 0 Å². The van der Waals surface area contributed by atoms with E-state index in [4.69, 9.17) is 9.63 Å². The van der Waals surface area contributed by atoms with Crippen molar-refractivity contribution in [3.8, 4) is 0 Å². The lowest BCUT2D eigenvalue weighted by atomic mass is 9.88. The number of carbonyl (C=O) groups excluding carboxylic acids is 1. The molecule has 21 heavy (non-hydrogen) atoms. The van der Waals surface area contributed by atoms with E-state index >= 15 is 0 Å². The number of nitrogens with one attached hydrogen (secondary N) is 2. The Morgan fingerprint density at radius 1 is 1.57 bits per heavy atom. The molecule has 1 saturated heterocycles. The van der Waals surface area contributed by atoms with Crippen molar-refractivity contribution in [2.24, 2.45) is 5.41 Å². The van der Waals surface area contributed by atoms with Crippen LogP contribution in [0.1, 0.15) is 62.1 Å². The van der Waals surface area contributed by atoms with E-state index in [-0.39, 0.29) is 29.8 Å². The molecule has 3 N–H and O–H groups in total. The molecule has 0 bridgehead atoms. The Bertz CT molecular complexity index is 467. The maximum absolute atomic E-state index is 12.0. The minimum absolute atomic E-state index is 0.0695.